The lowest BCUT2D eigenvalue weighted by Crippen LogP contribution is -2.30. The van der Waals surface area contributed by atoms with Crippen LogP contribution in [0.3, 0.4) is 0 Å². The molecule has 0 aliphatic carbocycles. The van der Waals surface area contributed by atoms with E-state index in [0.29, 0.717) is 12.8 Å². The van der Waals surface area contributed by atoms with E-state index in [1.165, 1.54) is 5.56 Å². The molecule has 4 heteroatoms. The van der Waals surface area contributed by atoms with E-state index in [0.717, 1.165) is 19.3 Å². The Morgan fingerprint density at radius 2 is 1.60 bits per heavy atom. The van der Waals surface area contributed by atoms with Crippen LogP contribution in [0.25, 0.3) is 0 Å². The van der Waals surface area contributed by atoms with Gasteiger partial charge in [0.2, 0.25) is 0 Å². The van der Waals surface area contributed by atoms with Crippen molar-refractivity contribution in [2.24, 2.45) is 0 Å². The lowest BCUT2D eigenvalue weighted by atomic mass is 10.0. The largest absolute Gasteiger partial charge is 0.297 e. The van der Waals surface area contributed by atoms with Gasteiger partial charge in [-0.25, -0.2) is 0 Å². The summed E-state index contributed by atoms with van der Waals surface area (Å²) in [7, 11) is -3.68. The first-order valence-corrected chi connectivity index (χ1v) is 8.82. The number of unbranched alkanes of at least 4 members (excludes halogenated alkanes) is 1. The summed E-state index contributed by atoms with van der Waals surface area (Å²) in [4.78, 5) is 0.242. The molecule has 0 amide bonds. The van der Waals surface area contributed by atoms with Gasteiger partial charge < -0.3 is 0 Å². The highest BCUT2D eigenvalue weighted by Crippen LogP contribution is 2.26. The zero-order valence-electron chi connectivity index (χ0n) is 13.0. The second-order valence-corrected chi connectivity index (χ2v) is 6.99. The molecule has 3 nitrogen and oxygen atoms in total. The van der Waals surface area contributed by atoms with E-state index in [2.05, 4.69) is 6.92 Å². The summed E-state index contributed by atoms with van der Waals surface area (Å²) in [6, 6.07) is 7.04. The first-order valence-electron chi connectivity index (χ1n) is 7.41. The monoisotopic (exact) mass is 298 g/mol. The maximum Gasteiger partial charge on any atom is 0.297 e. The van der Waals surface area contributed by atoms with Crippen molar-refractivity contribution >= 4 is 10.1 Å². The Kier molecular flexibility index (Phi) is 6.21. The highest BCUT2D eigenvalue weighted by Gasteiger charge is 2.29. The fourth-order valence-corrected chi connectivity index (χ4v) is 3.22. The molecule has 0 heterocycles. The van der Waals surface area contributed by atoms with E-state index in [1.54, 1.807) is 12.1 Å². The number of aryl methyl sites for hydroxylation is 1. The van der Waals surface area contributed by atoms with Gasteiger partial charge in [0.1, 0.15) is 0 Å². The van der Waals surface area contributed by atoms with E-state index < -0.39 is 15.7 Å². The first-order chi connectivity index (χ1) is 9.37. The van der Waals surface area contributed by atoms with Crippen LogP contribution in [0.4, 0.5) is 0 Å². The summed E-state index contributed by atoms with van der Waals surface area (Å²) in [5.41, 5.74) is 0.541. The summed E-state index contributed by atoms with van der Waals surface area (Å²) in [6.45, 7) is 7.85. The summed E-state index contributed by atoms with van der Waals surface area (Å²) in [5, 5.41) is 0. The third-order valence-electron chi connectivity index (χ3n) is 3.84. The molecule has 1 aromatic rings. The Morgan fingerprint density at radius 3 is 2.05 bits per heavy atom. The second kappa shape index (κ2) is 7.23. The van der Waals surface area contributed by atoms with Crippen molar-refractivity contribution in [2.45, 2.75) is 70.3 Å². The molecule has 0 aliphatic rings. The van der Waals surface area contributed by atoms with Crippen molar-refractivity contribution in [2.75, 3.05) is 0 Å². The Bertz CT molecular complexity index is 499. The molecule has 0 saturated heterocycles. The maximum atomic E-state index is 12.3. The highest BCUT2D eigenvalue weighted by molar-refractivity contribution is 7.86. The van der Waals surface area contributed by atoms with Crippen LogP contribution in [0.1, 0.15) is 58.9 Å². The fraction of sp³-hybridized carbons (Fsp3) is 0.625. The van der Waals surface area contributed by atoms with Gasteiger partial charge in [0.05, 0.1) is 10.5 Å². The standard InChI is InChI=1S/C16H26O3S/c1-5-8-9-14-10-12-15(13-11-14)20(17,18)19-16(4,6-2)7-3/h10-13H,5-9H2,1-4H3. The summed E-state index contributed by atoms with van der Waals surface area (Å²) in [5.74, 6) is 0. The van der Waals surface area contributed by atoms with E-state index in [4.69, 9.17) is 4.18 Å². The zero-order chi connectivity index (χ0) is 15.2. The summed E-state index contributed by atoms with van der Waals surface area (Å²) >= 11 is 0. The van der Waals surface area contributed by atoms with Gasteiger partial charge in [-0.2, -0.15) is 8.42 Å². The maximum absolute atomic E-state index is 12.3. The molecule has 114 valence electrons. The summed E-state index contributed by atoms with van der Waals surface area (Å²) in [6.07, 6.45) is 4.56. The fourth-order valence-electron chi connectivity index (χ4n) is 1.88. The molecule has 0 atom stereocenters. The van der Waals surface area contributed by atoms with Crippen LogP contribution in [0.15, 0.2) is 29.2 Å². The van der Waals surface area contributed by atoms with Gasteiger partial charge in [0, 0.05) is 0 Å². The first kappa shape index (κ1) is 17.2. The van der Waals surface area contributed by atoms with Crippen molar-refractivity contribution < 1.29 is 12.6 Å². The Balaban J connectivity index is 2.88. The van der Waals surface area contributed by atoms with Gasteiger partial charge in [-0.3, -0.25) is 4.18 Å². The van der Waals surface area contributed by atoms with Crippen LogP contribution >= 0.6 is 0 Å². The Morgan fingerprint density at radius 1 is 1.05 bits per heavy atom. The van der Waals surface area contributed by atoms with Gasteiger partial charge in [-0.05, 0) is 50.3 Å². The lowest BCUT2D eigenvalue weighted by molar-refractivity contribution is 0.0883. The molecule has 0 aromatic heterocycles. The number of hydrogen-bond donors (Lipinski definition) is 0. The topological polar surface area (TPSA) is 43.4 Å². The SMILES string of the molecule is CCCCc1ccc(S(=O)(=O)OC(C)(CC)CC)cc1. The van der Waals surface area contributed by atoms with Crippen LogP contribution in [-0.4, -0.2) is 14.0 Å². The van der Waals surface area contributed by atoms with Gasteiger partial charge >= 0.3 is 0 Å². The van der Waals surface area contributed by atoms with E-state index >= 15 is 0 Å². The molecule has 20 heavy (non-hydrogen) atoms. The molecule has 0 bridgehead atoms. The third-order valence-corrected chi connectivity index (χ3v) is 5.31. The van der Waals surface area contributed by atoms with Gasteiger partial charge in [0.15, 0.2) is 0 Å². The molecule has 0 N–H and O–H groups in total. The van der Waals surface area contributed by atoms with Crippen molar-refractivity contribution in [3.8, 4) is 0 Å². The van der Waals surface area contributed by atoms with Crippen molar-refractivity contribution in [3.63, 3.8) is 0 Å². The number of rotatable bonds is 8. The van der Waals surface area contributed by atoms with E-state index in [-0.39, 0.29) is 4.90 Å². The van der Waals surface area contributed by atoms with E-state index in [1.807, 2.05) is 32.9 Å². The third kappa shape index (κ3) is 4.60. The molecule has 0 unspecified atom stereocenters. The minimum atomic E-state index is -3.68. The molecule has 0 radical (unpaired) electrons. The average molecular weight is 298 g/mol. The molecule has 1 aromatic carbocycles. The molecule has 1 rings (SSSR count). The Labute approximate surface area is 123 Å². The van der Waals surface area contributed by atoms with Crippen molar-refractivity contribution in [1.82, 2.24) is 0 Å². The molecule has 0 saturated carbocycles. The molecule has 0 aliphatic heterocycles. The smallest absolute Gasteiger partial charge is 0.260 e. The minimum Gasteiger partial charge on any atom is -0.260 e. The highest BCUT2D eigenvalue weighted by atomic mass is 32.2. The second-order valence-electron chi connectivity index (χ2n) is 5.44. The minimum absolute atomic E-state index is 0.242. The average Bonchev–Trinajstić information content (AvgIpc) is 2.45. The summed E-state index contributed by atoms with van der Waals surface area (Å²) < 4.78 is 29.9. The van der Waals surface area contributed by atoms with E-state index in [9.17, 15) is 8.42 Å². The lowest BCUT2D eigenvalue weighted by Gasteiger charge is -2.26. The number of benzene rings is 1. The molecule has 0 spiro atoms. The molecule has 0 fully saturated rings. The zero-order valence-corrected chi connectivity index (χ0v) is 13.8. The van der Waals surface area contributed by atoms with Gasteiger partial charge in [0.25, 0.3) is 10.1 Å². The van der Waals surface area contributed by atoms with Crippen LogP contribution < -0.4 is 0 Å². The van der Waals surface area contributed by atoms with Crippen LogP contribution in [0.2, 0.25) is 0 Å². The molecular formula is C16H26O3S. The quantitative estimate of drug-likeness (QED) is 0.672. The molecular weight excluding hydrogens is 272 g/mol. The predicted octanol–water partition coefficient (Wildman–Crippen LogP) is 4.31. The van der Waals surface area contributed by atoms with Crippen molar-refractivity contribution in [1.29, 1.82) is 0 Å². The van der Waals surface area contributed by atoms with Gasteiger partial charge in [-0.15, -0.1) is 0 Å². The van der Waals surface area contributed by atoms with Crippen LogP contribution in [0.5, 0.6) is 0 Å². The van der Waals surface area contributed by atoms with Crippen LogP contribution in [0, 0.1) is 0 Å². The number of hydrogen-bond acceptors (Lipinski definition) is 3. The predicted molar refractivity (Wildman–Crippen MR) is 82.3 cm³/mol. The normalized spacial score (nSPS) is 12.6. The Hall–Kier alpha value is -0.870. The van der Waals surface area contributed by atoms with Gasteiger partial charge in [-0.1, -0.05) is 39.3 Å². The van der Waals surface area contributed by atoms with Crippen LogP contribution in [-0.2, 0) is 20.7 Å². The van der Waals surface area contributed by atoms with Crippen molar-refractivity contribution in [3.05, 3.63) is 29.8 Å².